The zero-order valence-electron chi connectivity index (χ0n) is 8.53. The topological polar surface area (TPSA) is 72.2 Å². The van der Waals surface area contributed by atoms with Crippen molar-refractivity contribution < 1.29 is 8.42 Å². The lowest BCUT2D eigenvalue weighted by atomic mass is 10.0. The van der Waals surface area contributed by atoms with Crippen LogP contribution < -0.4 is 9.86 Å². The van der Waals surface area contributed by atoms with Crippen molar-refractivity contribution in [2.24, 2.45) is 5.14 Å². The maximum atomic E-state index is 11.0. The van der Waals surface area contributed by atoms with Crippen LogP contribution >= 0.6 is 0 Å². The van der Waals surface area contributed by atoms with E-state index in [4.69, 9.17) is 5.14 Å². The van der Waals surface area contributed by atoms with Crippen LogP contribution in [0.4, 0.5) is 0 Å². The van der Waals surface area contributed by atoms with E-state index in [9.17, 15) is 8.42 Å². The van der Waals surface area contributed by atoms with Gasteiger partial charge in [0, 0.05) is 6.04 Å². The molecular weight excluding hydrogens is 212 g/mol. The van der Waals surface area contributed by atoms with Gasteiger partial charge in [0.2, 0.25) is 0 Å². The molecule has 15 heavy (non-hydrogen) atoms. The van der Waals surface area contributed by atoms with Crippen LogP contribution in [0.5, 0.6) is 0 Å². The Balaban J connectivity index is 2.36. The van der Waals surface area contributed by atoms with Crippen molar-refractivity contribution in [3.8, 4) is 0 Å². The highest BCUT2D eigenvalue weighted by Crippen LogP contribution is 2.33. The first-order chi connectivity index (χ1) is 6.97. The second-order valence-corrected chi connectivity index (χ2v) is 5.23. The van der Waals surface area contributed by atoms with Gasteiger partial charge in [0.25, 0.3) is 10.2 Å². The largest absolute Gasteiger partial charge is 0.274 e. The molecule has 0 radical (unpaired) electrons. The predicted octanol–water partition coefficient (Wildman–Crippen LogP) is 0.775. The van der Waals surface area contributed by atoms with E-state index in [1.165, 1.54) is 5.56 Å². The van der Waals surface area contributed by atoms with Crippen molar-refractivity contribution in [2.45, 2.75) is 25.8 Å². The first kappa shape index (κ1) is 10.6. The molecule has 1 atom stereocenters. The third-order valence-corrected chi connectivity index (χ3v) is 3.38. The van der Waals surface area contributed by atoms with E-state index in [0.29, 0.717) is 0 Å². The second-order valence-electron chi connectivity index (χ2n) is 3.90. The summed E-state index contributed by atoms with van der Waals surface area (Å²) in [7, 11) is -3.62. The molecule has 3 N–H and O–H groups in total. The summed E-state index contributed by atoms with van der Waals surface area (Å²) in [5.74, 6) is 0. The number of hydrogen-bond acceptors (Lipinski definition) is 2. The molecule has 0 aliphatic heterocycles. The van der Waals surface area contributed by atoms with Crippen LogP contribution in [0.3, 0.4) is 0 Å². The Labute approximate surface area is 89.7 Å². The molecule has 1 unspecified atom stereocenters. The fraction of sp³-hybridized carbons (Fsp3) is 0.400. The Morgan fingerprint density at radius 2 is 2.20 bits per heavy atom. The van der Waals surface area contributed by atoms with Gasteiger partial charge in [0.05, 0.1) is 0 Å². The zero-order valence-corrected chi connectivity index (χ0v) is 9.34. The lowest BCUT2D eigenvalue weighted by Crippen LogP contribution is -2.33. The van der Waals surface area contributed by atoms with Crippen molar-refractivity contribution in [3.63, 3.8) is 0 Å². The molecule has 1 aromatic carbocycles. The molecule has 0 fully saturated rings. The number of nitrogens with two attached hydrogens (primary N) is 1. The Bertz CT molecular complexity index is 482. The number of aryl methyl sites for hydroxylation is 2. The van der Waals surface area contributed by atoms with Gasteiger partial charge >= 0.3 is 0 Å². The van der Waals surface area contributed by atoms with Crippen LogP contribution in [0.2, 0.25) is 0 Å². The van der Waals surface area contributed by atoms with Gasteiger partial charge in [-0.3, -0.25) is 0 Å². The minimum Gasteiger partial charge on any atom is -0.216 e. The van der Waals surface area contributed by atoms with Crippen molar-refractivity contribution in [3.05, 3.63) is 34.9 Å². The van der Waals surface area contributed by atoms with Crippen molar-refractivity contribution >= 4 is 10.2 Å². The number of hydrogen-bond donors (Lipinski definition) is 2. The van der Waals surface area contributed by atoms with Crippen molar-refractivity contribution in [1.29, 1.82) is 0 Å². The molecule has 0 saturated carbocycles. The summed E-state index contributed by atoms with van der Waals surface area (Å²) >= 11 is 0. The van der Waals surface area contributed by atoms with Crippen molar-refractivity contribution in [1.82, 2.24) is 4.72 Å². The van der Waals surface area contributed by atoms with Crippen LogP contribution in [0.15, 0.2) is 18.2 Å². The zero-order chi connectivity index (χ0) is 11.1. The normalized spacial score (nSPS) is 20.3. The van der Waals surface area contributed by atoms with Gasteiger partial charge < -0.3 is 0 Å². The highest BCUT2D eigenvalue weighted by Gasteiger charge is 2.26. The van der Waals surface area contributed by atoms with Crippen LogP contribution in [-0.2, 0) is 16.6 Å². The highest BCUT2D eigenvalue weighted by atomic mass is 32.2. The third kappa shape index (κ3) is 2.19. The molecule has 0 amide bonds. The monoisotopic (exact) mass is 226 g/mol. The maximum absolute atomic E-state index is 11.0. The molecule has 1 aliphatic rings. The number of fused-ring (bicyclic) bond motifs is 1. The van der Waals surface area contributed by atoms with Gasteiger partial charge in [-0.15, -0.1) is 0 Å². The van der Waals surface area contributed by atoms with Gasteiger partial charge in [-0.1, -0.05) is 18.2 Å². The number of benzene rings is 1. The summed E-state index contributed by atoms with van der Waals surface area (Å²) < 4.78 is 24.4. The van der Waals surface area contributed by atoms with E-state index in [-0.39, 0.29) is 6.04 Å². The van der Waals surface area contributed by atoms with Gasteiger partial charge in [0.15, 0.2) is 0 Å². The first-order valence-electron chi connectivity index (χ1n) is 4.86. The number of rotatable bonds is 2. The molecule has 2 rings (SSSR count). The summed E-state index contributed by atoms with van der Waals surface area (Å²) in [6, 6.07) is 5.86. The quantitative estimate of drug-likeness (QED) is 0.782. The Morgan fingerprint density at radius 1 is 1.47 bits per heavy atom. The molecule has 82 valence electrons. The first-order valence-corrected chi connectivity index (χ1v) is 6.40. The molecule has 5 heteroatoms. The van der Waals surface area contributed by atoms with E-state index in [0.717, 1.165) is 24.0 Å². The van der Waals surface area contributed by atoms with E-state index in [1.54, 1.807) is 0 Å². The maximum Gasteiger partial charge on any atom is 0.274 e. The Kier molecular flexibility index (Phi) is 2.54. The summed E-state index contributed by atoms with van der Waals surface area (Å²) in [6.45, 7) is 1.99. The molecule has 0 heterocycles. The van der Waals surface area contributed by atoms with E-state index < -0.39 is 10.2 Å². The minimum atomic E-state index is -3.62. The second kappa shape index (κ2) is 3.59. The summed E-state index contributed by atoms with van der Waals surface area (Å²) in [4.78, 5) is 0. The number of nitrogens with one attached hydrogen (secondary N) is 1. The molecule has 1 aromatic rings. The molecule has 0 saturated heterocycles. The molecule has 0 spiro atoms. The lowest BCUT2D eigenvalue weighted by molar-refractivity contribution is 0.555. The Hall–Kier alpha value is -0.910. The van der Waals surface area contributed by atoms with Gasteiger partial charge in [-0.05, 0) is 36.5 Å². The van der Waals surface area contributed by atoms with Crippen LogP contribution in [-0.4, -0.2) is 8.42 Å². The molecule has 0 aromatic heterocycles. The van der Waals surface area contributed by atoms with Gasteiger partial charge in [0.1, 0.15) is 0 Å². The van der Waals surface area contributed by atoms with Crippen LogP contribution in [0.25, 0.3) is 0 Å². The molecule has 0 bridgehead atoms. The predicted molar refractivity (Wildman–Crippen MR) is 58.5 cm³/mol. The lowest BCUT2D eigenvalue weighted by Gasteiger charge is -2.14. The van der Waals surface area contributed by atoms with Gasteiger partial charge in [-0.2, -0.15) is 13.1 Å². The average Bonchev–Trinajstić information content (AvgIpc) is 2.47. The molecule has 1 aliphatic carbocycles. The fourth-order valence-corrected chi connectivity index (χ4v) is 2.85. The van der Waals surface area contributed by atoms with Crippen molar-refractivity contribution in [2.75, 3.05) is 0 Å². The molecular formula is C10H14N2O2S. The van der Waals surface area contributed by atoms with Gasteiger partial charge in [-0.25, -0.2) is 5.14 Å². The third-order valence-electron chi connectivity index (χ3n) is 2.77. The summed E-state index contributed by atoms with van der Waals surface area (Å²) in [6.07, 6.45) is 1.70. The smallest absolute Gasteiger partial charge is 0.216 e. The highest BCUT2D eigenvalue weighted by molar-refractivity contribution is 7.87. The Morgan fingerprint density at radius 3 is 2.87 bits per heavy atom. The van der Waals surface area contributed by atoms with E-state index >= 15 is 0 Å². The van der Waals surface area contributed by atoms with E-state index in [2.05, 4.69) is 4.72 Å². The minimum absolute atomic E-state index is 0.156. The SMILES string of the molecule is Cc1cccc2c1C(NS(N)(=O)=O)CC2. The summed E-state index contributed by atoms with van der Waals surface area (Å²) in [5.41, 5.74) is 3.42. The standard InChI is InChI=1S/C10H14N2O2S/c1-7-3-2-4-8-5-6-9(10(7)8)12-15(11,13)14/h2-4,9,12H,5-6H2,1H3,(H2,11,13,14). The van der Waals surface area contributed by atoms with Crippen LogP contribution in [0.1, 0.15) is 29.2 Å². The van der Waals surface area contributed by atoms with E-state index in [1.807, 2.05) is 25.1 Å². The van der Waals surface area contributed by atoms with Crippen LogP contribution in [0, 0.1) is 6.92 Å². The fourth-order valence-electron chi connectivity index (χ4n) is 2.22. The average molecular weight is 226 g/mol. The summed E-state index contributed by atoms with van der Waals surface area (Å²) in [5, 5.41) is 4.98. The molecule has 4 nitrogen and oxygen atoms in total.